The molecule has 2 aromatic heterocycles. The number of hydrogen-bond acceptors (Lipinski definition) is 6. The summed E-state index contributed by atoms with van der Waals surface area (Å²) in [4.78, 5) is 12.0. The number of nitrogens with one attached hydrogen (secondary N) is 1. The molecule has 0 spiro atoms. The first-order chi connectivity index (χ1) is 15.0. The molecule has 8 heteroatoms. The molecule has 0 saturated carbocycles. The van der Waals surface area contributed by atoms with Crippen LogP contribution in [0.5, 0.6) is 11.5 Å². The van der Waals surface area contributed by atoms with Gasteiger partial charge in [-0.05, 0) is 54.5 Å². The summed E-state index contributed by atoms with van der Waals surface area (Å²) in [5.41, 5.74) is 3.79. The summed E-state index contributed by atoms with van der Waals surface area (Å²) in [5, 5.41) is 21.8. The Kier molecular flexibility index (Phi) is 4.30. The van der Waals surface area contributed by atoms with Crippen LogP contribution in [0.15, 0.2) is 47.4 Å². The van der Waals surface area contributed by atoms with Crippen LogP contribution in [0.4, 0.5) is 0 Å². The lowest BCUT2D eigenvalue weighted by Gasteiger charge is -2.07. The van der Waals surface area contributed by atoms with Crippen LogP contribution in [-0.4, -0.2) is 26.8 Å². The number of rotatable bonds is 3. The molecular formula is C23H16N5O3. The molecule has 0 bridgehead atoms. The predicted molar refractivity (Wildman–Crippen MR) is 115 cm³/mol. The van der Waals surface area contributed by atoms with Crippen molar-refractivity contribution in [3.8, 4) is 28.7 Å². The van der Waals surface area contributed by atoms with Crippen LogP contribution < -0.4 is 15.0 Å². The number of fused-ring (bicyclic) bond motifs is 2. The number of nitrogens with zero attached hydrogens (tertiary/aromatic N) is 4. The minimum Gasteiger partial charge on any atom is -0.454 e. The molecule has 4 aromatic rings. The molecule has 31 heavy (non-hydrogen) atoms. The average molecular weight is 410 g/mol. The number of H-pyrrole nitrogens is 1. The highest BCUT2D eigenvalue weighted by molar-refractivity contribution is 5.94. The molecule has 0 saturated heterocycles. The third-order valence-electron chi connectivity index (χ3n) is 5.25. The maximum absolute atomic E-state index is 12.0. The van der Waals surface area contributed by atoms with E-state index in [1.807, 2.05) is 25.2 Å². The Bertz CT molecular complexity index is 1470. The Morgan fingerprint density at radius 2 is 2.06 bits per heavy atom. The molecule has 0 fully saturated rings. The first-order valence-electron chi connectivity index (χ1n) is 9.44. The van der Waals surface area contributed by atoms with Gasteiger partial charge in [0.2, 0.25) is 6.79 Å². The number of aromatic amines is 1. The monoisotopic (exact) mass is 410 g/mol. The Morgan fingerprint density at radius 3 is 2.90 bits per heavy atom. The number of allylic oxidation sites excluding steroid dienone is 1. The molecule has 1 aliphatic rings. The van der Waals surface area contributed by atoms with Crippen LogP contribution >= 0.6 is 0 Å². The van der Waals surface area contributed by atoms with E-state index in [0.29, 0.717) is 39.1 Å². The van der Waals surface area contributed by atoms with E-state index in [0.717, 1.165) is 16.8 Å². The standard InChI is InChI=1S/C23H16N5O3/c1-13-18-7-15(3-5-17(18)23(29)27-26-13)19-11-25-28(2)20(19)8-16(10-24)14-4-6-21-22(9-14)31-12-30-21/h3-9,11H,1,12H2,2H3,(H,27,29). The van der Waals surface area contributed by atoms with Crippen molar-refractivity contribution in [1.29, 1.82) is 5.26 Å². The summed E-state index contributed by atoms with van der Waals surface area (Å²) >= 11 is 0. The summed E-state index contributed by atoms with van der Waals surface area (Å²) in [6, 6.07) is 13.1. The van der Waals surface area contributed by atoms with Crippen LogP contribution in [-0.2, 0) is 7.05 Å². The van der Waals surface area contributed by atoms with E-state index in [1.165, 1.54) is 0 Å². The molecule has 1 aliphatic heterocycles. The molecule has 1 radical (unpaired) electrons. The molecule has 2 aromatic carbocycles. The minimum atomic E-state index is -0.269. The second kappa shape index (κ2) is 7.15. The zero-order valence-electron chi connectivity index (χ0n) is 16.5. The summed E-state index contributed by atoms with van der Waals surface area (Å²) < 4.78 is 12.5. The van der Waals surface area contributed by atoms with Crippen molar-refractivity contribution >= 4 is 22.4 Å². The van der Waals surface area contributed by atoms with Gasteiger partial charge in [0.25, 0.3) is 5.56 Å². The van der Waals surface area contributed by atoms with Gasteiger partial charge in [-0.15, -0.1) is 0 Å². The van der Waals surface area contributed by atoms with Gasteiger partial charge in [0.1, 0.15) is 0 Å². The lowest BCUT2D eigenvalue weighted by Crippen LogP contribution is -2.09. The van der Waals surface area contributed by atoms with Gasteiger partial charge in [0, 0.05) is 18.0 Å². The summed E-state index contributed by atoms with van der Waals surface area (Å²) in [7, 11) is 1.81. The quantitative estimate of drug-likeness (QED) is 0.520. The SMILES string of the molecule is [CH2]c1n[nH]c(=O)c2ccc(-c3cnn(C)c3C=C(C#N)c3ccc4c(c3)OCO4)cc12. The van der Waals surface area contributed by atoms with Crippen molar-refractivity contribution in [1.82, 2.24) is 20.0 Å². The van der Waals surface area contributed by atoms with E-state index < -0.39 is 0 Å². The molecule has 0 amide bonds. The highest BCUT2D eigenvalue weighted by Gasteiger charge is 2.17. The maximum Gasteiger partial charge on any atom is 0.272 e. The third-order valence-corrected chi connectivity index (χ3v) is 5.25. The third kappa shape index (κ3) is 3.13. The van der Waals surface area contributed by atoms with E-state index in [-0.39, 0.29) is 12.4 Å². The molecule has 151 valence electrons. The molecule has 0 unspecified atom stereocenters. The van der Waals surface area contributed by atoms with Gasteiger partial charge < -0.3 is 9.47 Å². The number of aryl methyl sites for hydroxylation is 1. The summed E-state index contributed by atoms with van der Waals surface area (Å²) in [6.07, 6.45) is 3.51. The smallest absolute Gasteiger partial charge is 0.272 e. The van der Waals surface area contributed by atoms with Gasteiger partial charge in [-0.2, -0.15) is 15.5 Å². The largest absolute Gasteiger partial charge is 0.454 e. The highest BCUT2D eigenvalue weighted by Crippen LogP contribution is 2.35. The van der Waals surface area contributed by atoms with Gasteiger partial charge >= 0.3 is 0 Å². The molecule has 0 aliphatic carbocycles. The lowest BCUT2D eigenvalue weighted by molar-refractivity contribution is 0.174. The van der Waals surface area contributed by atoms with E-state index in [1.54, 1.807) is 35.2 Å². The van der Waals surface area contributed by atoms with Gasteiger partial charge in [0.05, 0.1) is 34.6 Å². The van der Waals surface area contributed by atoms with Crippen LogP contribution in [0.1, 0.15) is 17.0 Å². The summed E-state index contributed by atoms with van der Waals surface area (Å²) in [5.74, 6) is 1.27. The fraction of sp³-hybridized carbons (Fsp3) is 0.0870. The second-order valence-corrected chi connectivity index (χ2v) is 7.06. The first kappa shape index (κ1) is 18.6. The van der Waals surface area contributed by atoms with E-state index in [9.17, 15) is 10.1 Å². The first-order valence-corrected chi connectivity index (χ1v) is 9.44. The maximum atomic E-state index is 12.0. The number of aromatic nitrogens is 4. The number of hydrogen-bond donors (Lipinski definition) is 1. The second-order valence-electron chi connectivity index (χ2n) is 7.06. The lowest BCUT2D eigenvalue weighted by atomic mass is 9.99. The van der Waals surface area contributed by atoms with E-state index in [2.05, 4.69) is 28.3 Å². The number of ether oxygens (including phenoxy) is 2. The van der Waals surface area contributed by atoms with Crippen molar-refractivity contribution < 1.29 is 9.47 Å². The van der Waals surface area contributed by atoms with Crippen molar-refractivity contribution in [2.24, 2.45) is 7.05 Å². The molecule has 1 N–H and O–H groups in total. The Balaban J connectivity index is 1.63. The average Bonchev–Trinajstić information content (AvgIpc) is 3.40. The van der Waals surface area contributed by atoms with E-state index in [4.69, 9.17) is 9.47 Å². The van der Waals surface area contributed by atoms with Crippen molar-refractivity contribution in [2.45, 2.75) is 0 Å². The number of nitriles is 1. The zero-order valence-corrected chi connectivity index (χ0v) is 16.5. The normalized spacial score (nSPS) is 12.9. The molecule has 5 rings (SSSR count). The molecular weight excluding hydrogens is 394 g/mol. The Hall–Kier alpha value is -4.38. The fourth-order valence-corrected chi connectivity index (χ4v) is 3.61. The highest BCUT2D eigenvalue weighted by atomic mass is 16.7. The zero-order chi connectivity index (χ0) is 21.5. The van der Waals surface area contributed by atoms with Gasteiger partial charge in [0.15, 0.2) is 11.5 Å². The van der Waals surface area contributed by atoms with Gasteiger partial charge in [-0.3, -0.25) is 9.48 Å². The molecule has 0 atom stereocenters. The van der Waals surface area contributed by atoms with Gasteiger partial charge in [-0.25, -0.2) is 5.10 Å². The number of benzene rings is 2. The van der Waals surface area contributed by atoms with Crippen molar-refractivity contribution in [3.63, 3.8) is 0 Å². The summed E-state index contributed by atoms with van der Waals surface area (Å²) in [6.45, 7) is 4.07. The topological polar surface area (TPSA) is 106 Å². The fourth-order valence-electron chi connectivity index (χ4n) is 3.61. The molecule has 8 nitrogen and oxygen atoms in total. The van der Waals surface area contributed by atoms with Crippen LogP contribution in [0.25, 0.3) is 33.5 Å². The Labute approximate surface area is 177 Å². The van der Waals surface area contributed by atoms with Crippen LogP contribution in [0.3, 0.4) is 0 Å². The van der Waals surface area contributed by atoms with Crippen molar-refractivity contribution in [3.05, 3.63) is 76.8 Å². The minimum absolute atomic E-state index is 0.171. The van der Waals surface area contributed by atoms with Crippen LogP contribution in [0, 0.1) is 18.3 Å². The Morgan fingerprint density at radius 1 is 1.23 bits per heavy atom. The van der Waals surface area contributed by atoms with E-state index >= 15 is 0 Å². The van der Waals surface area contributed by atoms with Crippen LogP contribution in [0.2, 0.25) is 0 Å². The predicted octanol–water partition coefficient (Wildman–Crippen LogP) is 3.30. The van der Waals surface area contributed by atoms with Gasteiger partial charge in [-0.1, -0.05) is 6.07 Å². The van der Waals surface area contributed by atoms with Crippen molar-refractivity contribution in [2.75, 3.05) is 6.79 Å². The molecule has 3 heterocycles.